The number of rotatable bonds is 7. The summed E-state index contributed by atoms with van der Waals surface area (Å²) in [5.41, 5.74) is 3.54. The van der Waals surface area contributed by atoms with Gasteiger partial charge in [-0.15, -0.1) is 0 Å². The Balaban J connectivity index is 2.30. The van der Waals surface area contributed by atoms with E-state index in [2.05, 4.69) is 5.32 Å². The summed E-state index contributed by atoms with van der Waals surface area (Å²) in [6, 6.07) is 14.1. The summed E-state index contributed by atoms with van der Waals surface area (Å²) in [5.74, 6) is -0.325. The molecule has 1 amide bonds. The van der Waals surface area contributed by atoms with Gasteiger partial charge in [-0.2, -0.15) is 0 Å². The average molecular weight is 389 g/mol. The van der Waals surface area contributed by atoms with Crippen LogP contribution in [0.25, 0.3) is 0 Å². The summed E-state index contributed by atoms with van der Waals surface area (Å²) in [5, 5.41) is 2.99. The standard InChI is InChI=1S/C21H28N2O3S/c1-6-20(18-10-8-7-9-11-18)22-21(24)17(4)23(27(5,25)26)19-13-12-15(2)16(3)14-19/h7-14,17,20H,6H2,1-5H3,(H,22,24)/t17-,20-/m0/s1. The topological polar surface area (TPSA) is 66.5 Å². The average Bonchev–Trinajstić information content (AvgIpc) is 2.62. The number of nitrogens with one attached hydrogen (secondary N) is 1. The molecule has 0 aromatic heterocycles. The first-order chi connectivity index (χ1) is 12.6. The molecule has 2 atom stereocenters. The SMILES string of the molecule is CC[C@H](NC(=O)[C@H](C)N(c1ccc(C)c(C)c1)S(C)(=O)=O)c1ccccc1. The number of sulfonamides is 1. The molecular weight excluding hydrogens is 360 g/mol. The Morgan fingerprint density at radius 1 is 1.07 bits per heavy atom. The minimum Gasteiger partial charge on any atom is -0.347 e. The maximum atomic E-state index is 12.9. The van der Waals surface area contributed by atoms with Crippen LogP contribution in [0.5, 0.6) is 0 Å². The quantitative estimate of drug-likeness (QED) is 0.786. The third-order valence-electron chi connectivity index (χ3n) is 4.76. The highest BCUT2D eigenvalue weighted by Crippen LogP contribution is 2.24. The van der Waals surface area contributed by atoms with Crippen molar-refractivity contribution in [1.29, 1.82) is 0 Å². The Bertz CT molecular complexity index is 895. The molecule has 0 saturated heterocycles. The van der Waals surface area contributed by atoms with Gasteiger partial charge in [-0.05, 0) is 56.0 Å². The van der Waals surface area contributed by atoms with Crippen LogP contribution in [0.15, 0.2) is 48.5 Å². The van der Waals surface area contributed by atoms with Crippen LogP contribution in [0.2, 0.25) is 0 Å². The van der Waals surface area contributed by atoms with E-state index in [0.717, 1.165) is 22.9 Å². The summed E-state index contributed by atoms with van der Waals surface area (Å²) in [6.07, 6.45) is 1.84. The van der Waals surface area contributed by atoms with Crippen LogP contribution in [0.1, 0.15) is 43.0 Å². The van der Waals surface area contributed by atoms with Gasteiger partial charge in [-0.25, -0.2) is 8.42 Å². The molecule has 0 heterocycles. The first kappa shape index (κ1) is 21.0. The molecule has 6 heteroatoms. The van der Waals surface area contributed by atoms with Gasteiger partial charge in [-0.1, -0.05) is 43.3 Å². The smallest absolute Gasteiger partial charge is 0.244 e. The Labute approximate surface area is 162 Å². The number of hydrogen-bond acceptors (Lipinski definition) is 3. The number of amides is 1. The number of anilines is 1. The van der Waals surface area contributed by atoms with Gasteiger partial charge >= 0.3 is 0 Å². The normalized spacial score (nSPS) is 13.7. The molecule has 0 spiro atoms. The number of carbonyl (C=O) groups excluding carboxylic acids is 1. The van der Waals surface area contributed by atoms with Gasteiger partial charge in [0.1, 0.15) is 6.04 Å². The third-order valence-corrected chi connectivity index (χ3v) is 6.00. The van der Waals surface area contributed by atoms with Crippen molar-refractivity contribution in [3.05, 3.63) is 65.2 Å². The zero-order chi connectivity index (χ0) is 20.2. The minimum atomic E-state index is -3.63. The Morgan fingerprint density at radius 3 is 2.22 bits per heavy atom. The predicted octanol–water partition coefficient (Wildman–Crippen LogP) is 3.73. The third kappa shape index (κ3) is 5.10. The Morgan fingerprint density at radius 2 is 1.70 bits per heavy atom. The molecule has 0 fully saturated rings. The molecule has 0 aliphatic carbocycles. The molecule has 0 saturated carbocycles. The summed E-state index contributed by atoms with van der Waals surface area (Å²) in [4.78, 5) is 12.9. The number of aryl methyl sites for hydroxylation is 2. The highest BCUT2D eigenvalue weighted by Gasteiger charge is 2.30. The lowest BCUT2D eigenvalue weighted by atomic mass is 10.0. The zero-order valence-electron chi connectivity index (χ0n) is 16.6. The molecule has 27 heavy (non-hydrogen) atoms. The van der Waals surface area contributed by atoms with Crippen LogP contribution in [-0.2, 0) is 14.8 Å². The monoisotopic (exact) mass is 388 g/mol. The maximum Gasteiger partial charge on any atom is 0.244 e. The lowest BCUT2D eigenvalue weighted by Crippen LogP contribution is -2.48. The summed E-state index contributed by atoms with van der Waals surface area (Å²) >= 11 is 0. The summed E-state index contributed by atoms with van der Waals surface area (Å²) < 4.78 is 26.1. The van der Waals surface area contributed by atoms with Gasteiger partial charge in [-0.3, -0.25) is 9.10 Å². The van der Waals surface area contributed by atoms with Crippen LogP contribution in [0.3, 0.4) is 0 Å². The first-order valence-electron chi connectivity index (χ1n) is 9.07. The molecule has 2 aromatic carbocycles. The van der Waals surface area contributed by atoms with E-state index in [0.29, 0.717) is 12.1 Å². The Kier molecular flexibility index (Phi) is 6.65. The second kappa shape index (κ2) is 8.57. The first-order valence-corrected chi connectivity index (χ1v) is 10.9. The van der Waals surface area contributed by atoms with Crippen LogP contribution < -0.4 is 9.62 Å². The second-order valence-electron chi connectivity index (χ2n) is 6.88. The van der Waals surface area contributed by atoms with Gasteiger partial charge in [0.05, 0.1) is 18.0 Å². The lowest BCUT2D eigenvalue weighted by molar-refractivity contribution is -0.122. The van der Waals surface area contributed by atoms with Crippen molar-refractivity contribution in [2.24, 2.45) is 0 Å². The number of nitrogens with zero attached hydrogens (tertiary/aromatic N) is 1. The summed E-state index contributed by atoms with van der Waals surface area (Å²) in [6.45, 7) is 7.49. The van der Waals surface area contributed by atoms with E-state index in [4.69, 9.17) is 0 Å². The number of carbonyl (C=O) groups is 1. The van der Waals surface area contributed by atoms with Crippen molar-refractivity contribution in [2.75, 3.05) is 10.6 Å². The lowest BCUT2D eigenvalue weighted by Gasteiger charge is -2.30. The fourth-order valence-corrected chi connectivity index (χ4v) is 4.24. The van der Waals surface area contributed by atoms with Gasteiger partial charge in [0.2, 0.25) is 15.9 Å². The van der Waals surface area contributed by atoms with Crippen LogP contribution in [0.4, 0.5) is 5.69 Å². The van der Waals surface area contributed by atoms with Crippen LogP contribution >= 0.6 is 0 Å². The van der Waals surface area contributed by atoms with Crippen molar-refractivity contribution < 1.29 is 13.2 Å². The van der Waals surface area contributed by atoms with E-state index < -0.39 is 16.1 Å². The van der Waals surface area contributed by atoms with Crippen molar-refractivity contribution in [3.8, 4) is 0 Å². The molecule has 146 valence electrons. The fourth-order valence-electron chi connectivity index (χ4n) is 3.07. The highest BCUT2D eigenvalue weighted by molar-refractivity contribution is 7.92. The minimum absolute atomic E-state index is 0.165. The van der Waals surface area contributed by atoms with Crippen LogP contribution in [-0.4, -0.2) is 26.6 Å². The maximum absolute atomic E-state index is 12.9. The van der Waals surface area contributed by atoms with Gasteiger partial charge < -0.3 is 5.32 Å². The van der Waals surface area contributed by atoms with Crippen molar-refractivity contribution in [3.63, 3.8) is 0 Å². The predicted molar refractivity (Wildman–Crippen MR) is 110 cm³/mol. The van der Waals surface area contributed by atoms with Crippen molar-refractivity contribution in [2.45, 2.75) is 46.2 Å². The zero-order valence-corrected chi connectivity index (χ0v) is 17.4. The number of benzene rings is 2. The molecule has 0 aliphatic heterocycles. The van der Waals surface area contributed by atoms with Crippen molar-refractivity contribution >= 4 is 21.6 Å². The van der Waals surface area contributed by atoms with E-state index in [1.54, 1.807) is 19.1 Å². The molecule has 1 N–H and O–H groups in total. The molecular formula is C21H28N2O3S. The van der Waals surface area contributed by atoms with E-state index in [-0.39, 0.29) is 11.9 Å². The van der Waals surface area contributed by atoms with E-state index >= 15 is 0 Å². The fraction of sp³-hybridized carbons (Fsp3) is 0.381. The van der Waals surface area contributed by atoms with Gasteiger partial charge in [0, 0.05) is 0 Å². The van der Waals surface area contributed by atoms with Crippen LogP contribution in [0, 0.1) is 13.8 Å². The van der Waals surface area contributed by atoms with Gasteiger partial charge in [0.25, 0.3) is 0 Å². The van der Waals surface area contributed by atoms with E-state index in [1.807, 2.05) is 57.2 Å². The van der Waals surface area contributed by atoms with Crippen molar-refractivity contribution in [1.82, 2.24) is 5.32 Å². The molecule has 0 radical (unpaired) electrons. The molecule has 0 unspecified atom stereocenters. The van der Waals surface area contributed by atoms with E-state index in [9.17, 15) is 13.2 Å². The highest BCUT2D eigenvalue weighted by atomic mass is 32.2. The molecule has 0 bridgehead atoms. The largest absolute Gasteiger partial charge is 0.347 e. The summed E-state index contributed by atoms with van der Waals surface area (Å²) in [7, 11) is -3.63. The molecule has 2 aromatic rings. The molecule has 0 aliphatic rings. The molecule has 2 rings (SSSR count). The Hall–Kier alpha value is -2.34. The number of hydrogen-bond donors (Lipinski definition) is 1. The van der Waals surface area contributed by atoms with Gasteiger partial charge in [0.15, 0.2) is 0 Å². The molecule has 5 nitrogen and oxygen atoms in total. The van der Waals surface area contributed by atoms with E-state index in [1.165, 1.54) is 4.31 Å². The second-order valence-corrected chi connectivity index (χ2v) is 8.74.